The highest BCUT2D eigenvalue weighted by molar-refractivity contribution is 7.13. The fourth-order valence-corrected chi connectivity index (χ4v) is 3.61. The van der Waals surface area contributed by atoms with E-state index in [1.807, 2.05) is 28.3 Å². The third-order valence-corrected chi connectivity index (χ3v) is 5.01. The van der Waals surface area contributed by atoms with Crippen molar-refractivity contribution < 1.29 is 4.79 Å². The van der Waals surface area contributed by atoms with E-state index in [1.54, 1.807) is 11.3 Å². The van der Waals surface area contributed by atoms with Gasteiger partial charge in [0.2, 0.25) is 0 Å². The molecule has 0 unspecified atom stereocenters. The Morgan fingerprint density at radius 1 is 1.33 bits per heavy atom. The maximum absolute atomic E-state index is 12.1. The third kappa shape index (κ3) is 2.86. The number of carbonyl (C=O) groups is 1. The van der Waals surface area contributed by atoms with Crippen molar-refractivity contribution in [2.45, 2.75) is 19.6 Å². The van der Waals surface area contributed by atoms with Crippen LogP contribution in [0.3, 0.4) is 0 Å². The zero-order valence-electron chi connectivity index (χ0n) is 13.3. The van der Waals surface area contributed by atoms with Gasteiger partial charge in [0, 0.05) is 6.54 Å². The number of hydrogen-bond donors (Lipinski definition) is 2. The van der Waals surface area contributed by atoms with Gasteiger partial charge in [-0.2, -0.15) is 5.10 Å². The van der Waals surface area contributed by atoms with Crippen LogP contribution in [0.15, 0.2) is 47.8 Å². The first-order valence-corrected chi connectivity index (χ1v) is 8.79. The summed E-state index contributed by atoms with van der Waals surface area (Å²) in [5, 5.41) is 13.1. The molecule has 0 spiro atoms. The Balaban J connectivity index is 1.58. The van der Waals surface area contributed by atoms with E-state index >= 15 is 0 Å². The normalized spacial score (nSPS) is 16.7. The molecular weight excluding hydrogens is 320 g/mol. The van der Waals surface area contributed by atoms with Gasteiger partial charge in [0.05, 0.1) is 11.4 Å². The largest absolute Gasteiger partial charge is 0.347 e. The van der Waals surface area contributed by atoms with Crippen LogP contribution in [0.5, 0.6) is 0 Å². The number of carbonyl (C=O) groups excluding carboxylic acids is 1. The van der Waals surface area contributed by atoms with Crippen molar-refractivity contribution in [1.82, 2.24) is 20.4 Å². The maximum atomic E-state index is 12.1. The lowest BCUT2D eigenvalue weighted by Crippen LogP contribution is -2.45. The molecule has 0 saturated carbocycles. The summed E-state index contributed by atoms with van der Waals surface area (Å²) in [7, 11) is 0. The molecule has 0 saturated heterocycles. The van der Waals surface area contributed by atoms with Gasteiger partial charge < -0.3 is 5.32 Å². The van der Waals surface area contributed by atoms with Gasteiger partial charge in [-0.3, -0.25) is 10.1 Å². The average molecular weight is 338 g/mol. The van der Waals surface area contributed by atoms with Crippen molar-refractivity contribution in [2.24, 2.45) is 0 Å². The molecule has 1 aliphatic rings. The van der Waals surface area contributed by atoms with Crippen LogP contribution in [-0.4, -0.2) is 22.2 Å². The van der Waals surface area contributed by atoms with Crippen LogP contribution in [-0.2, 0) is 6.54 Å². The molecule has 0 radical (unpaired) electrons. The molecule has 2 N–H and O–H groups in total. The predicted octanol–water partition coefficient (Wildman–Crippen LogP) is 2.95. The zero-order valence-corrected chi connectivity index (χ0v) is 14.1. The van der Waals surface area contributed by atoms with E-state index in [0.717, 1.165) is 17.1 Å². The maximum Gasteiger partial charge on any atom is 0.269 e. The molecule has 6 heteroatoms. The number of aromatic nitrogens is 2. The minimum absolute atomic E-state index is 0.0491. The Kier molecular flexibility index (Phi) is 3.92. The minimum Gasteiger partial charge on any atom is -0.347 e. The van der Waals surface area contributed by atoms with Crippen LogP contribution in [0.4, 0.5) is 0 Å². The average Bonchev–Trinajstić information content (AvgIpc) is 3.24. The molecule has 1 aliphatic heterocycles. The van der Waals surface area contributed by atoms with Crippen molar-refractivity contribution in [3.05, 3.63) is 64.7 Å². The van der Waals surface area contributed by atoms with Crippen molar-refractivity contribution in [1.29, 1.82) is 0 Å². The van der Waals surface area contributed by atoms with Crippen LogP contribution in [0.1, 0.15) is 27.8 Å². The van der Waals surface area contributed by atoms with Gasteiger partial charge in [0.1, 0.15) is 17.6 Å². The fraction of sp³-hybridized carbons (Fsp3) is 0.222. The first-order chi connectivity index (χ1) is 11.7. The number of rotatable bonds is 4. The van der Waals surface area contributed by atoms with E-state index in [1.165, 1.54) is 11.1 Å². The smallest absolute Gasteiger partial charge is 0.269 e. The molecule has 24 heavy (non-hydrogen) atoms. The molecule has 0 bridgehead atoms. The summed E-state index contributed by atoms with van der Waals surface area (Å²) in [6.07, 6.45) is -0.0491. The summed E-state index contributed by atoms with van der Waals surface area (Å²) in [6.45, 7) is 3.35. The number of nitrogens with zero attached hydrogens (tertiary/aromatic N) is 2. The summed E-state index contributed by atoms with van der Waals surface area (Å²) in [6, 6.07) is 14.3. The molecule has 3 heterocycles. The Hall–Kier alpha value is -2.44. The monoisotopic (exact) mass is 338 g/mol. The van der Waals surface area contributed by atoms with Crippen LogP contribution >= 0.6 is 11.3 Å². The van der Waals surface area contributed by atoms with Crippen LogP contribution < -0.4 is 10.6 Å². The Morgan fingerprint density at radius 3 is 3.04 bits per heavy atom. The van der Waals surface area contributed by atoms with E-state index in [0.29, 0.717) is 12.2 Å². The van der Waals surface area contributed by atoms with Crippen molar-refractivity contribution >= 4 is 17.2 Å². The lowest BCUT2D eigenvalue weighted by Gasteiger charge is -2.25. The van der Waals surface area contributed by atoms with Crippen molar-refractivity contribution in [2.75, 3.05) is 6.54 Å². The van der Waals surface area contributed by atoms with Gasteiger partial charge in [-0.25, -0.2) is 4.68 Å². The minimum atomic E-state index is -0.0705. The van der Waals surface area contributed by atoms with Crippen molar-refractivity contribution in [3.8, 4) is 10.6 Å². The van der Waals surface area contributed by atoms with E-state index in [4.69, 9.17) is 0 Å². The number of nitrogens with one attached hydrogen (secondary N) is 2. The summed E-state index contributed by atoms with van der Waals surface area (Å²) < 4.78 is 1.81. The van der Waals surface area contributed by atoms with E-state index in [-0.39, 0.29) is 12.1 Å². The molecule has 1 amide bonds. The zero-order chi connectivity index (χ0) is 16.5. The second-order valence-electron chi connectivity index (χ2n) is 5.93. The summed E-state index contributed by atoms with van der Waals surface area (Å²) in [5.41, 5.74) is 3.91. The number of fused-ring (bicyclic) bond motifs is 1. The molecule has 0 fully saturated rings. The molecule has 2 aromatic heterocycles. The second kappa shape index (κ2) is 6.22. The van der Waals surface area contributed by atoms with Crippen molar-refractivity contribution in [3.63, 3.8) is 0 Å². The highest BCUT2D eigenvalue weighted by atomic mass is 32.1. The van der Waals surface area contributed by atoms with Gasteiger partial charge in [-0.15, -0.1) is 11.3 Å². The number of thiophene rings is 1. The molecule has 3 aromatic rings. The molecule has 5 nitrogen and oxygen atoms in total. The molecular formula is C18H18N4OS. The Morgan fingerprint density at radius 2 is 2.25 bits per heavy atom. The van der Waals surface area contributed by atoms with E-state index in [9.17, 15) is 4.79 Å². The first kappa shape index (κ1) is 15.1. The molecule has 0 aliphatic carbocycles. The SMILES string of the molecule is Cc1cccc(CN[C@@H]2CNC(=O)c3cc(-c4cccs4)nn32)c1. The lowest BCUT2D eigenvalue weighted by molar-refractivity contribution is 0.0900. The standard InChI is InChI=1S/C18H18N4OS/c1-12-4-2-5-13(8-12)10-19-17-11-20-18(23)15-9-14(21-22(15)17)16-6-3-7-24-16/h2-9,17,19H,10-11H2,1H3,(H,20,23)/t17-/m0/s1. The lowest BCUT2D eigenvalue weighted by atomic mass is 10.1. The number of aryl methyl sites for hydroxylation is 1. The number of benzene rings is 1. The number of amides is 1. The second-order valence-corrected chi connectivity index (χ2v) is 6.88. The Labute approximate surface area is 144 Å². The quantitative estimate of drug-likeness (QED) is 0.769. The van der Waals surface area contributed by atoms with Gasteiger partial charge >= 0.3 is 0 Å². The van der Waals surface area contributed by atoms with Crippen LogP contribution in [0.2, 0.25) is 0 Å². The Bertz CT molecular complexity index is 869. The third-order valence-electron chi connectivity index (χ3n) is 4.12. The van der Waals surface area contributed by atoms with Crippen LogP contribution in [0.25, 0.3) is 10.6 Å². The molecule has 1 atom stereocenters. The summed E-state index contributed by atoms with van der Waals surface area (Å²) in [4.78, 5) is 13.2. The molecule has 122 valence electrons. The van der Waals surface area contributed by atoms with Gasteiger partial charge in [-0.05, 0) is 30.0 Å². The van der Waals surface area contributed by atoms with Crippen LogP contribution in [0, 0.1) is 6.92 Å². The number of hydrogen-bond acceptors (Lipinski definition) is 4. The molecule has 4 rings (SSSR count). The van der Waals surface area contributed by atoms with Gasteiger partial charge in [0.15, 0.2) is 0 Å². The highest BCUT2D eigenvalue weighted by Gasteiger charge is 2.27. The van der Waals surface area contributed by atoms with E-state index in [2.05, 4.69) is 46.9 Å². The fourth-order valence-electron chi connectivity index (χ4n) is 2.93. The molecule has 1 aromatic carbocycles. The van der Waals surface area contributed by atoms with Gasteiger partial charge in [-0.1, -0.05) is 35.9 Å². The summed E-state index contributed by atoms with van der Waals surface area (Å²) in [5.74, 6) is -0.0705. The van der Waals surface area contributed by atoms with E-state index < -0.39 is 0 Å². The predicted molar refractivity (Wildman–Crippen MR) is 94.9 cm³/mol. The highest BCUT2D eigenvalue weighted by Crippen LogP contribution is 2.26. The topological polar surface area (TPSA) is 58.9 Å². The summed E-state index contributed by atoms with van der Waals surface area (Å²) >= 11 is 1.63. The first-order valence-electron chi connectivity index (χ1n) is 7.91. The van der Waals surface area contributed by atoms with Gasteiger partial charge in [0.25, 0.3) is 5.91 Å².